The van der Waals surface area contributed by atoms with E-state index in [1.54, 1.807) is 29.7 Å². The van der Waals surface area contributed by atoms with Crippen LogP contribution in [-0.2, 0) is 9.53 Å². The summed E-state index contributed by atoms with van der Waals surface area (Å²) in [6.45, 7) is 1.79. The molecular weight excluding hydrogens is 369 g/mol. The first-order valence-corrected chi connectivity index (χ1v) is 8.38. The van der Waals surface area contributed by atoms with Crippen LogP contribution in [0.15, 0.2) is 41.5 Å². The van der Waals surface area contributed by atoms with Crippen molar-refractivity contribution in [1.82, 2.24) is 15.8 Å². The molecule has 3 N–H and O–H groups in total. The standard InChI is InChI=1S/C18H18FN5O4/c1-11(25)20-8-14-9-24(18(26)28-14)13-3-4-15(16(19)6-13)12-2-5-17(21-7-12)22-10-23-27/h2-7,10,14,27H,8-9H2,1H3,(H,20,25)(H,21,22,23)/t14-/m0/s1. The number of nitrogens with zero attached hydrogens (tertiary/aromatic N) is 3. The number of cyclic esters (lactones) is 1. The molecule has 0 bridgehead atoms. The number of carbonyl (C=O) groups is 2. The average molecular weight is 387 g/mol. The van der Waals surface area contributed by atoms with E-state index < -0.39 is 18.0 Å². The molecule has 1 fully saturated rings. The highest BCUT2D eigenvalue weighted by atomic mass is 19.1. The van der Waals surface area contributed by atoms with E-state index in [-0.39, 0.29) is 19.0 Å². The average Bonchev–Trinajstić information content (AvgIpc) is 3.06. The molecule has 146 valence electrons. The van der Waals surface area contributed by atoms with Gasteiger partial charge < -0.3 is 10.1 Å². The number of pyridine rings is 1. The van der Waals surface area contributed by atoms with E-state index >= 15 is 0 Å². The second-order valence-corrected chi connectivity index (χ2v) is 6.01. The predicted molar refractivity (Wildman–Crippen MR) is 99.0 cm³/mol. The number of halogens is 1. The van der Waals surface area contributed by atoms with E-state index in [2.05, 4.69) is 15.3 Å². The number of aliphatic imine (C=N–C) groups is 1. The Morgan fingerprint density at radius 1 is 1.46 bits per heavy atom. The maximum absolute atomic E-state index is 14.6. The van der Waals surface area contributed by atoms with Crippen LogP contribution >= 0.6 is 0 Å². The second-order valence-electron chi connectivity index (χ2n) is 6.01. The number of ether oxygens (including phenoxy) is 1. The topological polar surface area (TPSA) is 116 Å². The molecule has 0 saturated carbocycles. The number of benzene rings is 1. The Morgan fingerprint density at radius 3 is 2.93 bits per heavy atom. The van der Waals surface area contributed by atoms with Gasteiger partial charge in [0.15, 0.2) is 5.82 Å². The van der Waals surface area contributed by atoms with Crippen molar-refractivity contribution in [2.45, 2.75) is 13.0 Å². The van der Waals surface area contributed by atoms with Crippen molar-refractivity contribution in [3.05, 3.63) is 42.3 Å². The van der Waals surface area contributed by atoms with Crippen LogP contribution in [0.3, 0.4) is 0 Å². The van der Waals surface area contributed by atoms with Gasteiger partial charge in [-0.05, 0) is 30.3 Å². The number of nitrogens with one attached hydrogen (secondary N) is 2. The number of hydrogen-bond acceptors (Lipinski definition) is 6. The minimum absolute atomic E-state index is 0.199. The van der Waals surface area contributed by atoms with Gasteiger partial charge in [0.25, 0.3) is 0 Å². The summed E-state index contributed by atoms with van der Waals surface area (Å²) in [5, 5.41) is 11.1. The Bertz CT molecular complexity index is 903. The third-order valence-corrected chi connectivity index (χ3v) is 4.03. The van der Waals surface area contributed by atoms with Crippen LogP contribution in [0.2, 0.25) is 0 Å². The molecule has 10 heteroatoms. The summed E-state index contributed by atoms with van der Waals surface area (Å²) in [5.74, 6) is -0.402. The molecule has 1 atom stereocenters. The molecule has 1 aromatic heterocycles. The molecule has 1 saturated heterocycles. The van der Waals surface area contributed by atoms with Crippen molar-refractivity contribution in [3.63, 3.8) is 0 Å². The first-order chi connectivity index (χ1) is 13.5. The SMILES string of the molecule is CC(=O)NC[C@H]1CN(c2ccc(-c3ccc(N=CNO)nc3)c(F)c2)C(=O)O1. The monoisotopic (exact) mass is 387 g/mol. The lowest BCUT2D eigenvalue weighted by atomic mass is 10.1. The van der Waals surface area contributed by atoms with Crippen LogP contribution in [0.1, 0.15) is 6.92 Å². The lowest BCUT2D eigenvalue weighted by Gasteiger charge is -2.14. The van der Waals surface area contributed by atoms with Gasteiger partial charge >= 0.3 is 6.09 Å². The Kier molecular flexibility index (Phi) is 5.80. The fraction of sp³-hybridized carbons (Fsp3) is 0.222. The summed E-state index contributed by atoms with van der Waals surface area (Å²) in [7, 11) is 0. The molecule has 28 heavy (non-hydrogen) atoms. The number of aromatic nitrogens is 1. The van der Waals surface area contributed by atoms with Crippen LogP contribution < -0.4 is 15.7 Å². The van der Waals surface area contributed by atoms with Crippen molar-refractivity contribution >= 4 is 29.8 Å². The lowest BCUT2D eigenvalue weighted by Crippen LogP contribution is -2.33. The molecule has 2 amide bonds. The molecule has 2 heterocycles. The molecular formula is C18H18FN5O4. The van der Waals surface area contributed by atoms with E-state index in [4.69, 9.17) is 9.94 Å². The first-order valence-electron chi connectivity index (χ1n) is 8.38. The normalized spacial score (nSPS) is 16.3. The van der Waals surface area contributed by atoms with Crippen molar-refractivity contribution in [2.24, 2.45) is 4.99 Å². The quantitative estimate of drug-likeness (QED) is 0.397. The smallest absolute Gasteiger partial charge is 0.414 e. The number of rotatable bonds is 6. The van der Waals surface area contributed by atoms with Crippen LogP contribution in [0.5, 0.6) is 0 Å². The Hall–Kier alpha value is -3.53. The molecule has 1 aromatic carbocycles. The summed E-state index contributed by atoms with van der Waals surface area (Å²) >= 11 is 0. The third kappa shape index (κ3) is 4.41. The first kappa shape index (κ1) is 19.2. The number of hydroxylamine groups is 1. The van der Waals surface area contributed by atoms with E-state index in [1.807, 2.05) is 0 Å². The predicted octanol–water partition coefficient (Wildman–Crippen LogP) is 1.99. The van der Waals surface area contributed by atoms with E-state index in [9.17, 15) is 14.0 Å². The number of hydrogen-bond donors (Lipinski definition) is 3. The highest BCUT2D eigenvalue weighted by Gasteiger charge is 2.32. The maximum Gasteiger partial charge on any atom is 0.414 e. The van der Waals surface area contributed by atoms with E-state index in [1.165, 1.54) is 24.1 Å². The van der Waals surface area contributed by atoms with Crippen LogP contribution in [0.4, 0.5) is 20.7 Å². The number of anilines is 1. The van der Waals surface area contributed by atoms with Gasteiger partial charge in [0.1, 0.15) is 18.3 Å². The fourth-order valence-electron chi connectivity index (χ4n) is 2.72. The molecule has 1 aliphatic heterocycles. The summed E-state index contributed by atoms with van der Waals surface area (Å²) in [6.07, 6.45) is 1.43. The zero-order valence-corrected chi connectivity index (χ0v) is 14.9. The van der Waals surface area contributed by atoms with Gasteiger partial charge in [0.2, 0.25) is 5.91 Å². The fourth-order valence-corrected chi connectivity index (χ4v) is 2.72. The van der Waals surface area contributed by atoms with Gasteiger partial charge in [-0.25, -0.2) is 19.2 Å². The van der Waals surface area contributed by atoms with Crippen LogP contribution in [0.25, 0.3) is 11.1 Å². The zero-order valence-electron chi connectivity index (χ0n) is 14.9. The van der Waals surface area contributed by atoms with Crippen molar-refractivity contribution in [1.29, 1.82) is 0 Å². The van der Waals surface area contributed by atoms with E-state index in [0.717, 1.165) is 6.34 Å². The molecule has 3 rings (SSSR count). The molecule has 1 aliphatic rings. The Balaban J connectivity index is 1.74. The van der Waals surface area contributed by atoms with E-state index in [0.29, 0.717) is 22.6 Å². The van der Waals surface area contributed by atoms with Crippen LogP contribution in [0, 0.1) is 5.82 Å². The maximum atomic E-state index is 14.6. The van der Waals surface area contributed by atoms with Gasteiger partial charge in [-0.2, -0.15) is 0 Å². The molecule has 0 unspecified atom stereocenters. The van der Waals surface area contributed by atoms with Gasteiger partial charge in [0, 0.05) is 24.2 Å². The molecule has 2 aromatic rings. The second kappa shape index (κ2) is 8.44. The van der Waals surface area contributed by atoms with Gasteiger partial charge in [-0.3, -0.25) is 20.4 Å². The highest BCUT2D eigenvalue weighted by Crippen LogP contribution is 2.29. The van der Waals surface area contributed by atoms with Crippen molar-refractivity contribution in [3.8, 4) is 11.1 Å². The van der Waals surface area contributed by atoms with Crippen LogP contribution in [-0.4, -0.2) is 47.7 Å². The highest BCUT2D eigenvalue weighted by molar-refractivity contribution is 5.90. The third-order valence-electron chi connectivity index (χ3n) is 4.03. The minimum atomic E-state index is -0.594. The van der Waals surface area contributed by atoms with Gasteiger partial charge in [-0.1, -0.05) is 0 Å². The molecule has 0 spiro atoms. The summed E-state index contributed by atoms with van der Waals surface area (Å²) in [4.78, 5) is 32.2. The summed E-state index contributed by atoms with van der Waals surface area (Å²) < 4.78 is 19.8. The number of carbonyl (C=O) groups excluding carboxylic acids is 2. The minimum Gasteiger partial charge on any atom is -0.442 e. The summed E-state index contributed by atoms with van der Waals surface area (Å²) in [6, 6.07) is 7.62. The summed E-state index contributed by atoms with van der Waals surface area (Å²) in [5.41, 5.74) is 2.98. The van der Waals surface area contributed by atoms with Crippen molar-refractivity contribution < 1.29 is 23.9 Å². The molecule has 0 radical (unpaired) electrons. The lowest BCUT2D eigenvalue weighted by molar-refractivity contribution is -0.119. The van der Waals surface area contributed by atoms with Gasteiger partial charge in [-0.15, -0.1) is 0 Å². The molecule has 0 aliphatic carbocycles. The largest absolute Gasteiger partial charge is 0.442 e. The van der Waals surface area contributed by atoms with Gasteiger partial charge in [0.05, 0.1) is 18.8 Å². The Labute approximate surface area is 159 Å². The zero-order chi connectivity index (χ0) is 20.1. The number of amides is 2. The van der Waals surface area contributed by atoms with Crippen molar-refractivity contribution in [2.75, 3.05) is 18.0 Å². The Morgan fingerprint density at radius 2 is 2.29 bits per heavy atom. The molecule has 9 nitrogen and oxygen atoms in total.